The number of nitrogens with one attached hydrogen (secondary N) is 1. The zero-order valence-electron chi connectivity index (χ0n) is 7.57. The Kier molecular flexibility index (Phi) is 2.43. The Morgan fingerprint density at radius 3 is 2.93 bits per heavy atom. The third kappa shape index (κ3) is 1.85. The van der Waals surface area contributed by atoms with Crippen LogP contribution in [0.5, 0.6) is 0 Å². The van der Waals surface area contributed by atoms with Crippen molar-refractivity contribution in [2.75, 3.05) is 0 Å². The number of carbonyl (C=O) groups is 1. The summed E-state index contributed by atoms with van der Waals surface area (Å²) >= 11 is 5.92. The van der Waals surface area contributed by atoms with E-state index in [0.717, 1.165) is 11.1 Å². The Balaban J connectivity index is 2.46. The van der Waals surface area contributed by atoms with E-state index in [0.29, 0.717) is 5.02 Å². The van der Waals surface area contributed by atoms with Crippen molar-refractivity contribution in [1.82, 2.24) is 9.97 Å². The van der Waals surface area contributed by atoms with Gasteiger partial charge in [-0.25, -0.2) is 4.79 Å². The first-order valence-electron chi connectivity index (χ1n) is 4.20. The molecule has 0 saturated carbocycles. The van der Waals surface area contributed by atoms with E-state index in [-0.39, 0.29) is 5.69 Å². The first-order valence-corrected chi connectivity index (χ1v) is 4.58. The zero-order valence-corrected chi connectivity index (χ0v) is 8.32. The molecule has 2 rings (SSSR count). The summed E-state index contributed by atoms with van der Waals surface area (Å²) in [5, 5.41) is 9.23. The summed E-state index contributed by atoms with van der Waals surface area (Å²) in [6, 6.07) is 3.26. The van der Waals surface area contributed by atoms with E-state index in [4.69, 9.17) is 16.7 Å². The van der Waals surface area contributed by atoms with Crippen LogP contribution in [-0.4, -0.2) is 21.0 Å². The van der Waals surface area contributed by atoms with Crippen LogP contribution in [0.25, 0.3) is 11.1 Å². The van der Waals surface area contributed by atoms with Gasteiger partial charge in [-0.2, -0.15) is 0 Å². The average molecular weight is 223 g/mol. The minimum Gasteiger partial charge on any atom is -0.477 e. The molecule has 0 atom stereocenters. The van der Waals surface area contributed by atoms with Crippen LogP contribution in [0.2, 0.25) is 5.02 Å². The molecule has 0 aromatic carbocycles. The lowest BCUT2D eigenvalue weighted by Gasteiger charge is -1.98. The molecule has 2 aromatic heterocycles. The van der Waals surface area contributed by atoms with Gasteiger partial charge in [0.05, 0.1) is 5.02 Å². The minimum absolute atomic E-state index is 0.137. The molecule has 0 fully saturated rings. The highest BCUT2D eigenvalue weighted by molar-refractivity contribution is 6.33. The standard InChI is InChI=1S/C10H7ClN2O2/c11-8-5-12-2-1-7(8)6-3-9(10(14)15)13-4-6/h1-5,13H,(H,14,15). The van der Waals surface area contributed by atoms with E-state index >= 15 is 0 Å². The van der Waals surface area contributed by atoms with E-state index in [9.17, 15) is 4.79 Å². The van der Waals surface area contributed by atoms with Crippen LogP contribution >= 0.6 is 11.6 Å². The summed E-state index contributed by atoms with van der Waals surface area (Å²) in [5.41, 5.74) is 1.63. The van der Waals surface area contributed by atoms with Gasteiger partial charge < -0.3 is 10.1 Å². The van der Waals surface area contributed by atoms with Crippen molar-refractivity contribution in [3.8, 4) is 11.1 Å². The van der Waals surface area contributed by atoms with Gasteiger partial charge >= 0.3 is 5.97 Å². The number of aromatic nitrogens is 2. The normalized spacial score (nSPS) is 10.2. The zero-order chi connectivity index (χ0) is 10.8. The van der Waals surface area contributed by atoms with E-state index in [1.807, 2.05) is 0 Å². The molecule has 0 aliphatic rings. The maximum absolute atomic E-state index is 10.7. The van der Waals surface area contributed by atoms with Crippen molar-refractivity contribution < 1.29 is 9.90 Å². The van der Waals surface area contributed by atoms with Gasteiger partial charge in [0.15, 0.2) is 0 Å². The van der Waals surface area contributed by atoms with Crippen LogP contribution in [0, 0.1) is 0 Å². The second kappa shape index (κ2) is 3.74. The number of hydrogen-bond acceptors (Lipinski definition) is 2. The number of carboxylic acid groups (broad SMARTS) is 1. The van der Waals surface area contributed by atoms with E-state index < -0.39 is 5.97 Å². The fourth-order valence-electron chi connectivity index (χ4n) is 1.28. The molecule has 0 spiro atoms. The van der Waals surface area contributed by atoms with Crippen molar-refractivity contribution in [3.63, 3.8) is 0 Å². The lowest BCUT2D eigenvalue weighted by molar-refractivity contribution is 0.0691. The monoisotopic (exact) mass is 222 g/mol. The fourth-order valence-corrected chi connectivity index (χ4v) is 1.51. The largest absolute Gasteiger partial charge is 0.477 e. The third-order valence-corrected chi connectivity index (χ3v) is 2.30. The van der Waals surface area contributed by atoms with E-state index in [1.54, 1.807) is 18.5 Å². The van der Waals surface area contributed by atoms with E-state index in [1.165, 1.54) is 12.3 Å². The molecule has 0 aliphatic carbocycles. The number of hydrogen-bond donors (Lipinski definition) is 2. The summed E-state index contributed by atoms with van der Waals surface area (Å²) in [6.07, 6.45) is 4.73. The van der Waals surface area contributed by atoms with Gasteiger partial charge in [0.25, 0.3) is 0 Å². The molecular weight excluding hydrogens is 216 g/mol. The van der Waals surface area contributed by atoms with Gasteiger partial charge in [-0.15, -0.1) is 0 Å². The Bertz CT molecular complexity index is 508. The number of halogens is 1. The second-order valence-electron chi connectivity index (χ2n) is 2.96. The maximum atomic E-state index is 10.7. The van der Waals surface area contributed by atoms with Crippen LogP contribution in [-0.2, 0) is 0 Å². The number of aromatic amines is 1. The summed E-state index contributed by atoms with van der Waals surface area (Å²) in [7, 11) is 0. The van der Waals surface area contributed by atoms with Gasteiger partial charge in [0.2, 0.25) is 0 Å². The van der Waals surface area contributed by atoms with Gasteiger partial charge in [-0.1, -0.05) is 11.6 Å². The Hall–Kier alpha value is -1.81. The highest BCUT2D eigenvalue weighted by Gasteiger charge is 2.09. The first kappa shape index (κ1) is 9.73. The molecule has 76 valence electrons. The highest BCUT2D eigenvalue weighted by Crippen LogP contribution is 2.26. The van der Waals surface area contributed by atoms with Gasteiger partial charge in [-0.3, -0.25) is 4.98 Å². The number of pyridine rings is 1. The quantitative estimate of drug-likeness (QED) is 0.820. The van der Waals surface area contributed by atoms with Gasteiger partial charge in [0.1, 0.15) is 5.69 Å². The molecule has 0 aliphatic heterocycles. The third-order valence-electron chi connectivity index (χ3n) is 2.00. The molecule has 0 unspecified atom stereocenters. The SMILES string of the molecule is O=C(O)c1cc(-c2ccncc2Cl)c[nH]1. The molecule has 0 saturated heterocycles. The minimum atomic E-state index is -0.994. The highest BCUT2D eigenvalue weighted by atomic mass is 35.5. The van der Waals surface area contributed by atoms with E-state index in [2.05, 4.69) is 9.97 Å². The number of aromatic carboxylic acids is 1. The molecule has 5 heteroatoms. The fraction of sp³-hybridized carbons (Fsp3) is 0. The van der Waals surface area contributed by atoms with Crippen LogP contribution < -0.4 is 0 Å². The van der Waals surface area contributed by atoms with Gasteiger partial charge in [-0.05, 0) is 12.1 Å². The molecular formula is C10H7ClN2O2. The Labute approximate surface area is 90.5 Å². The maximum Gasteiger partial charge on any atom is 0.352 e. The van der Waals surface area contributed by atoms with Crippen molar-refractivity contribution in [2.24, 2.45) is 0 Å². The summed E-state index contributed by atoms with van der Waals surface area (Å²) < 4.78 is 0. The molecule has 4 nitrogen and oxygen atoms in total. The van der Waals surface area contributed by atoms with Crippen molar-refractivity contribution in [1.29, 1.82) is 0 Å². The van der Waals surface area contributed by atoms with Crippen molar-refractivity contribution in [3.05, 3.63) is 41.4 Å². The molecule has 2 aromatic rings. The summed E-state index contributed by atoms with van der Waals surface area (Å²) in [5.74, 6) is -0.994. The number of carboxylic acids is 1. The molecule has 0 radical (unpaired) electrons. The van der Waals surface area contributed by atoms with Crippen LogP contribution in [0.1, 0.15) is 10.5 Å². The topological polar surface area (TPSA) is 66.0 Å². The van der Waals surface area contributed by atoms with Crippen LogP contribution in [0.15, 0.2) is 30.7 Å². The Morgan fingerprint density at radius 2 is 2.33 bits per heavy atom. The number of H-pyrrole nitrogens is 1. The second-order valence-corrected chi connectivity index (χ2v) is 3.37. The van der Waals surface area contributed by atoms with Crippen LogP contribution in [0.3, 0.4) is 0 Å². The van der Waals surface area contributed by atoms with Crippen molar-refractivity contribution in [2.45, 2.75) is 0 Å². The summed E-state index contributed by atoms with van der Waals surface area (Å²) in [4.78, 5) is 17.2. The first-order chi connectivity index (χ1) is 7.18. The predicted molar refractivity (Wildman–Crippen MR) is 56.0 cm³/mol. The molecule has 2 heterocycles. The molecule has 2 N–H and O–H groups in total. The Morgan fingerprint density at radius 1 is 1.53 bits per heavy atom. The number of nitrogens with zero attached hydrogens (tertiary/aromatic N) is 1. The lowest BCUT2D eigenvalue weighted by Crippen LogP contribution is -1.94. The number of rotatable bonds is 2. The molecule has 0 bridgehead atoms. The van der Waals surface area contributed by atoms with Crippen LogP contribution in [0.4, 0.5) is 0 Å². The van der Waals surface area contributed by atoms with Crippen molar-refractivity contribution >= 4 is 17.6 Å². The predicted octanol–water partition coefficient (Wildman–Crippen LogP) is 2.43. The average Bonchev–Trinajstić information content (AvgIpc) is 2.67. The van der Waals surface area contributed by atoms with Gasteiger partial charge in [0, 0.05) is 29.7 Å². The molecule has 15 heavy (non-hydrogen) atoms. The lowest BCUT2D eigenvalue weighted by atomic mass is 10.1. The smallest absolute Gasteiger partial charge is 0.352 e. The summed E-state index contributed by atoms with van der Waals surface area (Å²) in [6.45, 7) is 0. The molecule has 0 amide bonds.